The molecule has 142 valence electrons. The number of hydrogen-bond donors (Lipinski definition) is 1. The van der Waals surface area contributed by atoms with Crippen LogP contribution in [0.25, 0.3) is 0 Å². The predicted octanol–water partition coefficient (Wildman–Crippen LogP) is 2.56. The van der Waals surface area contributed by atoms with E-state index >= 15 is 0 Å². The van der Waals surface area contributed by atoms with Crippen molar-refractivity contribution in [3.63, 3.8) is 0 Å². The molecule has 1 aliphatic rings. The maximum atomic E-state index is 12.9. The number of hydrogen-bond acceptors (Lipinski definition) is 5. The highest BCUT2D eigenvalue weighted by Gasteiger charge is 2.34. The van der Waals surface area contributed by atoms with Gasteiger partial charge in [-0.05, 0) is 18.9 Å². The van der Waals surface area contributed by atoms with Crippen molar-refractivity contribution in [2.24, 2.45) is 0 Å². The van der Waals surface area contributed by atoms with Crippen molar-refractivity contribution >= 4 is 21.6 Å². The standard InChI is InChI=1S/C20H21NO5S/c1-2-12-26-13-6-11-21-27(24,25)17-10-5-9-16-18(17)20(23)15-8-4-3-7-14(15)19(16)22/h3-5,7-10,21H,2,6,11-13H2,1H3. The van der Waals surface area contributed by atoms with Crippen LogP contribution in [0.15, 0.2) is 47.4 Å². The van der Waals surface area contributed by atoms with Crippen LogP contribution in [0.5, 0.6) is 0 Å². The number of rotatable bonds is 8. The number of fused-ring (bicyclic) bond motifs is 2. The Bertz CT molecular complexity index is 982. The summed E-state index contributed by atoms with van der Waals surface area (Å²) in [4.78, 5) is 25.4. The minimum atomic E-state index is -3.93. The van der Waals surface area contributed by atoms with Gasteiger partial charge >= 0.3 is 0 Å². The van der Waals surface area contributed by atoms with Crippen LogP contribution in [0.4, 0.5) is 0 Å². The first-order chi connectivity index (χ1) is 13.0. The first-order valence-corrected chi connectivity index (χ1v) is 10.3. The number of ketones is 2. The molecule has 0 saturated heterocycles. The average Bonchev–Trinajstić information content (AvgIpc) is 2.68. The van der Waals surface area contributed by atoms with E-state index in [9.17, 15) is 18.0 Å². The van der Waals surface area contributed by atoms with Crippen LogP contribution in [-0.4, -0.2) is 39.7 Å². The lowest BCUT2D eigenvalue weighted by molar-refractivity contribution is 0.0976. The molecule has 0 fully saturated rings. The van der Waals surface area contributed by atoms with Crippen LogP contribution < -0.4 is 4.72 Å². The molecule has 0 saturated carbocycles. The van der Waals surface area contributed by atoms with Gasteiger partial charge in [0.1, 0.15) is 0 Å². The highest BCUT2D eigenvalue weighted by Crippen LogP contribution is 2.31. The van der Waals surface area contributed by atoms with Crippen molar-refractivity contribution < 1.29 is 22.7 Å². The molecular formula is C20H21NO5S. The zero-order chi connectivity index (χ0) is 19.4. The molecule has 6 nitrogen and oxygen atoms in total. The fourth-order valence-corrected chi connectivity index (χ4v) is 4.34. The Labute approximate surface area is 158 Å². The molecule has 0 unspecified atom stereocenters. The SMILES string of the molecule is CCCOCCCNS(=O)(=O)c1cccc2c1C(=O)c1ccccc1C2=O. The lowest BCUT2D eigenvalue weighted by Crippen LogP contribution is -2.30. The molecular weight excluding hydrogens is 366 g/mol. The monoisotopic (exact) mass is 387 g/mol. The van der Waals surface area contributed by atoms with Gasteiger partial charge in [-0.25, -0.2) is 13.1 Å². The lowest BCUT2D eigenvalue weighted by atomic mass is 9.84. The topological polar surface area (TPSA) is 89.5 Å². The molecule has 1 N–H and O–H groups in total. The van der Waals surface area contributed by atoms with Gasteiger partial charge in [-0.3, -0.25) is 9.59 Å². The highest BCUT2D eigenvalue weighted by molar-refractivity contribution is 7.89. The summed E-state index contributed by atoms with van der Waals surface area (Å²) in [6.07, 6.45) is 1.42. The third-order valence-corrected chi connectivity index (χ3v) is 5.81. The summed E-state index contributed by atoms with van der Waals surface area (Å²) < 4.78 is 33.3. The molecule has 0 heterocycles. The van der Waals surface area contributed by atoms with Crippen LogP contribution in [0.1, 0.15) is 51.6 Å². The Morgan fingerprint density at radius 1 is 0.889 bits per heavy atom. The fraction of sp³-hybridized carbons (Fsp3) is 0.300. The number of ether oxygens (including phenoxy) is 1. The van der Waals surface area contributed by atoms with E-state index in [4.69, 9.17) is 4.74 Å². The molecule has 0 amide bonds. The number of nitrogens with one attached hydrogen (secondary N) is 1. The molecule has 0 bridgehead atoms. The summed E-state index contributed by atoms with van der Waals surface area (Å²) in [5, 5.41) is 0. The quantitative estimate of drug-likeness (QED) is 0.600. The molecule has 7 heteroatoms. The van der Waals surface area contributed by atoms with Crippen LogP contribution >= 0.6 is 0 Å². The number of benzene rings is 2. The van der Waals surface area contributed by atoms with Gasteiger partial charge in [0.05, 0.1) is 10.5 Å². The van der Waals surface area contributed by atoms with E-state index in [1.807, 2.05) is 6.92 Å². The maximum Gasteiger partial charge on any atom is 0.241 e. The molecule has 3 rings (SSSR count). The first-order valence-electron chi connectivity index (χ1n) is 8.86. The van der Waals surface area contributed by atoms with Crippen molar-refractivity contribution in [3.05, 3.63) is 64.7 Å². The van der Waals surface area contributed by atoms with Crippen molar-refractivity contribution in [2.75, 3.05) is 19.8 Å². The molecule has 1 aliphatic carbocycles. The molecule has 2 aromatic rings. The van der Waals surface area contributed by atoms with E-state index in [1.165, 1.54) is 18.2 Å². The summed E-state index contributed by atoms with van der Waals surface area (Å²) in [6.45, 7) is 3.27. The Hall–Kier alpha value is -2.35. The molecule has 0 aliphatic heterocycles. The second-order valence-corrected chi connectivity index (χ2v) is 7.98. The number of carbonyl (C=O) groups is 2. The van der Waals surface area contributed by atoms with E-state index in [1.54, 1.807) is 24.3 Å². The largest absolute Gasteiger partial charge is 0.381 e. The Morgan fingerprint density at radius 2 is 1.56 bits per heavy atom. The van der Waals surface area contributed by atoms with Gasteiger partial charge in [0.2, 0.25) is 10.0 Å². The third kappa shape index (κ3) is 3.85. The van der Waals surface area contributed by atoms with Crippen molar-refractivity contribution in [3.8, 4) is 0 Å². The van der Waals surface area contributed by atoms with Crippen LogP contribution in [-0.2, 0) is 14.8 Å². The summed E-state index contributed by atoms with van der Waals surface area (Å²) in [7, 11) is -3.93. The Balaban J connectivity index is 1.88. The molecule has 27 heavy (non-hydrogen) atoms. The molecule has 0 spiro atoms. The minimum Gasteiger partial charge on any atom is -0.381 e. The number of carbonyl (C=O) groups excluding carboxylic acids is 2. The van der Waals surface area contributed by atoms with Crippen molar-refractivity contribution in [1.82, 2.24) is 4.72 Å². The van der Waals surface area contributed by atoms with Gasteiger partial charge in [-0.2, -0.15) is 0 Å². The maximum absolute atomic E-state index is 12.9. The molecule has 0 radical (unpaired) electrons. The van der Waals surface area contributed by atoms with E-state index in [2.05, 4.69) is 4.72 Å². The summed E-state index contributed by atoms with van der Waals surface area (Å²) in [5.74, 6) is -0.794. The van der Waals surface area contributed by atoms with E-state index in [-0.39, 0.29) is 33.9 Å². The zero-order valence-corrected chi connectivity index (χ0v) is 15.8. The summed E-state index contributed by atoms with van der Waals surface area (Å²) in [5.41, 5.74) is 0.583. The van der Waals surface area contributed by atoms with Crippen molar-refractivity contribution in [2.45, 2.75) is 24.7 Å². The first kappa shape index (κ1) is 19.4. The fourth-order valence-electron chi connectivity index (χ4n) is 3.04. The molecule has 0 aromatic heterocycles. The second-order valence-electron chi connectivity index (χ2n) is 6.25. The Kier molecular flexibility index (Phi) is 5.84. The highest BCUT2D eigenvalue weighted by atomic mass is 32.2. The van der Waals surface area contributed by atoms with Gasteiger partial charge in [0.15, 0.2) is 11.6 Å². The van der Waals surface area contributed by atoms with Gasteiger partial charge in [-0.1, -0.05) is 43.3 Å². The number of sulfonamides is 1. The van der Waals surface area contributed by atoms with Gasteiger partial charge in [0.25, 0.3) is 0 Å². The van der Waals surface area contributed by atoms with Gasteiger partial charge in [-0.15, -0.1) is 0 Å². The third-order valence-electron chi connectivity index (χ3n) is 4.31. The summed E-state index contributed by atoms with van der Waals surface area (Å²) >= 11 is 0. The predicted molar refractivity (Wildman–Crippen MR) is 101 cm³/mol. The smallest absolute Gasteiger partial charge is 0.241 e. The Morgan fingerprint density at radius 3 is 2.26 bits per heavy atom. The van der Waals surface area contributed by atoms with E-state index < -0.39 is 15.8 Å². The van der Waals surface area contributed by atoms with Crippen molar-refractivity contribution in [1.29, 1.82) is 0 Å². The summed E-state index contributed by atoms with van der Waals surface area (Å²) in [6, 6.07) is 10.8. The molecule has 0 atom stereocenters. The van der Waals surface area contributed by atoms with Gasteiger partial charge < -0.3 is 4.74 Å². The van der Waals surface area contributed by atoms with Crippen LogP contribution in [0.2, 0.25) is 0 Å². The van der Waals surface area contributed by atoms with Crippen LogP contribution in [0.3, 0.4) is 0 Å². The van der Waals surface area contributed by atoms with E-state index in [0.717, 1.165) is 6.42 Å². The molecule has 2 aromatic carbocycles. The second kappa shape index (κ2) is 8.12. The average molecular weight is 387 g/mol. The van der Waals surface area contributed by atoms with Gasteiger partial charge in [0, 0.05) is 36.4 Å². The van der Waals surface area contributed by atoms with E-state index in [0.29, 0.717) is 25.2 Å². The normalized spacial score (nSPS) is 13.4. The lowest BCUT2D eigenvalue weighted by Gasteiger charge is -2.20. The minimum absolute atomic E-state index is 0.0593. The van der Waals surface area contributed by atoms with Crippen LogP contribution in [0, 0.1) is 0 Å². The zero-order valence-electron chi connectivity index (χ0n) is 15.0.